The highest BCUT2D eigenvalue weighted by Gasteiger charge is 2.29. The van der Waals surface area contributed by atoms with Crippen LogP contribution in [0, 0.1) is 0 Å². The summed E-state index contributed by atoms with van der Waals surface area (Å²) in [6.45, 7) is 2.90. The number of carbonyl (C=O) groups excluding carboxylic acids is 2. The topological polar surface area (TPSA) is 111 Å². The van der Waals surface area contributed by atoms with Crippen molar-refractivity contribution >= 4 is 57.8 Å². The van der Waals surface area contributed by atoms with Crippen LogP contribution in [0.4, 0.5) is 11.4 Å². The monoisotopic (exact) mass is 394 g/mol. The van der Waals surface area contributed by atoms with Crippen molar-refractivity contribution in [3.63, 3.8) is 0 Å². The number of carboxylic acids is 1. The summed E-state index contributed by atoms with van der Waals surface area (Å²) in [5.74, 6) is -1.53. The van der Waals surface area contributed by atoms with Crippen molar-refractivity contribution in [2.24, 2.45) is 4.99 Å². The minimum Gasteiger partial charge on any atom is -0.480 e. The number of aliphatic carboxylic acids is 1. The third-order valence-corrected chi connectivity index (χ3v) is 5.86. The normalized spacial score (nSPS) is 15.7. The molecule has 3 N–H and O–H groups in total. The van der Waals surface area contributed by atoms with Crippen LogP contribution in [-0.2, 0) is 14.4 Å². The third kappa shape index (κ3) is 4.31. The molecule has 0 fully saturated rings. The highest BCUT2D eigenvalue weighted by atomic mass is 32.2. The smallest absolute Gasteiger partial charge is 0.327 e. The van der Waals surface area contributed by atoms with Gasteiger partial charge >= 0.3 is 5.97 Å². The number of carboxylic acid groups (broad SMARTS) is 1. The SMILES string of the molecule is CC(=O)NC(CSCC(=O)Nc1ccc2c(c1)N1CCN=C1S2)C(=O)O. The predicted octanol–water partition coefficient (Wildman–Crippen LogP) is 1.23. The van der Waals surface area contributed by atoms with Crippen LogP contribution in [0.2, 0.25) is 0 Å². The number of thioether (sulfide) groups is 2. The summed E-state index contributed by atoms with van der Waals surface area (Å²) >= 11 is 2.79. The van der Waals surface area contributed by atoms with Gasteiger partial charge in [-0.15, -0.1) is 11.8 Å². The Morgan fingerprint density at radius 2 is 2.23 bits per heavy atom. The number of hydrogen-bond donors (Lipinski definition) is 3. The molecule has 0 saturated carbocycles. The number of benzene rings is 1. The largest absolute Gasteiger partial charge is 0.480 e. The highest BCUT2D eigenvalue weighted by Crippen LogP contribution is 2.43. The van der Waals surface area contributed by atoms with Gasteiger partial charge in [0.15, 0.2) is 5.17 Å². The first-order valence-electron chi connectivity index (χ1n) is 7.95. The Bertz CT molecular complexity index is 784. The van der Waals surface area contributed by atoms with Crippen molar-refractivity contribution in [3.8, 4) is 0 Å². The van der Waals surface area contributed by atoms with Crippen LogP contribution in [-0.4, -0.2) is 58.7 Å². The molecule has 10 heteroatoms. The number of amidine groups is 1. The van der Waals surface area contributed by atoms with Gasteiger partial charge < -0.3 is 20.6 Å². The molecule has 0 spiro atoms. The molecule has 2 amide bonds. The van der Waals surface area contributed by atoms with Gasteiger partial charge in [-0.05, 0) is 30.0 Å². The summed E-state index contributed by atoms with van der Waals surface area (Å²) in [5, 5.41) is 15.2. The van der Waals surface area contributed by atoms with Crippen molar-refractivity contribution < 1.29 is 19.5 Å². The minimum atomic E-state index is -1.12. The fourth-order valence-electron chi connectivity index (χ4n) is 2.61. The van der Waals surface area contributed by atoms with E-state index in [9.17, 15) is 14.4 Å². The van der Waals surface area contributed by atoms with Gasteiger partial charge in [0.2, 0.25) is 11.8 Å². The van der Waals surface area contributed by atoms with Crippen LogP contribution >= 0.6 is 23.5 Å². The average Bonchev–Trinajstić information content (AvgIpc) is 3.14. The maximum atomic E-state index is 12.1. The molecule has 1 unspecified atom stereocenters. The van der Waals surface area contributed by atoms with Gasteiger partial charge in [0.05, 0.1) is 18.0 Å². The molecule has 2 aliphatic heterocycles. The molecule has 2 aliphatic rings. The first-order valence-corrected chi connectivity index (χ1v) is 9.92. The van der Waals surface area contributed by atoms with Crippen molar-refractivity contribution in [2.45, 2.75) is 17.9 Å². The number of nitrogens with zero attached hydrogens (tertiary/aromatic N) is 2. The first kappa shape index (κ1) is 18.6. The summed E-state index contributed by atoms with van der Waals surface area (Å²) in [5.41, 5.74) is 1.74. The summed E-state index contributed by atoms with van der Waals surface area (Å²) in [6.07, 6.45) is 0. The molecular formula is C16H18N4O4S2. The highest BCUT2D eigenvalue weighted by molar-refractivity contribution is 8.14. The lowest BCUT2D eigenvalue weighted by molar-refractivity contribution is -0.140. The van der Waals surface area contributed by atoms with Crippen LogP contribution in [0.3, 0.4) is 0 Å². The predicted molar refractivity (Wildman–Crippen MR) is 103 cm³/mol. The molecule has 0 radical (unpaired) electrons. The van der Waals surface area contributed by atoms with Crippen molar-refractivity contribution in [3.05, 3.63) is 18.2 Å². The van der Waals surface area contributed by atoms with Gasteiger partial charge in [-0.25, -0.2) is 4.79 Å². The van der Waals surface area contributed by atoms with E-state index in [1.54, 1.807) is 11.8 Å². The average molecular weight is 394 g/mol. The van der Waals surface area contributed by atoms with Gasteiger partial charge in [-0.2, -0.15) is 0 Å². The van der Waals surface area contributed by atoms with Gasteiger partial charge in [-0.3, -0.25) is 14.6 Å². The molecule has 1 atom stereocenters. The number of rotatable bonds is 7. The second-order valence-electron chi connectivity index (χ2n) is 5.76. The minimum absolute atomic E-state index is 0.103. The van der Waals surface area contributed by atoms with E-state index in [0.717, 1.165) is 40.6 Å². The number of amides is 2. The van der Waals surface area contributed by atoms with E-state index in [2.05, 4.69) is 20.5 Å². The summed E-state index contributed by atoms with van der Waals surface area (Å²) in [7, 11) is 0. The lowest BCUT2D eigenvalue weighted by Gasteiger charge is -2.14. The second-order valence-corrected chi connectivity index (χ2v) is 7.79. The number of hydrogen-bond acceptors (Lipinski definition) is 7. The van der Waals surface area contributed by atoms with Gasteiger partial charge in [0.1, 0.15) is 6.04 Å². The molecule has 3 rings (SSSR count). The molecule has 0 saturated heterocycles. The van der Waals surface area contributed by atoms with Gasteiger partial charge in [0, 0.05) is 29.8 Å². The summed E-state index contributed by atoms with van der Waals surface area (Å²) < 4.78 is 0. The molecule has 8 nitrogen and oxygen atoms in total. The zero-order valence-corrected chi connectivity index (χ0v) is 15.7. The van der Waals surface area contributed by atoms with E-state index in [1.807, 2.05) is 18.2 Å². The summed E-state index contributed by atoms with van der Waals surface area (Å²) in [6, 6.07) is 4.72. The van der Waals surface area contributed by atoms with E-state index in [0.29, 0.717) is 5.69 Å². The van der Waals surface area contributed by atoms with Crippen LogP contribution in [0.25, 0.3) is 0 Å². The Morgan fingerprint density at radius 3 is 2.96 bits per heavy atom. The van der Waals surface area contributed by atoms with Crippen molar-refractivity contribution in [1.29, 1.82) is 0 Å². The summed E-state index contributed by atoms with van der Waals surface area (Å²) in [4.78, 5) is 41.8. The quantitative estimate of drug-likeness (QED) is 0.638. The zero-order chi connectivity index (χ0) is 18.7. The molecule has 1 aromatic rings. The Hall–Kier alpha value is -2.20. The van der Waals surface area contributed by atoms with Gasteiger partial charge in [0.25, 0.3) is 0 Å². The van der Waals surface area contributed by atoms with Gasteiger partial charge in [-0.1, -0.05) is 0 Å². The molecule has 0 aliphatic carbocycles. The fourth-order valence-corrected chi connectivity index (χ4v) is 4.51. The number of carbonyl (C=O) groups is 3. The van der Waals surface area contributed by atoms with E-state index in [4.69, 9.17) is 5.11 Å². The number of anilines is 2. The van der Waals surface area contributed by atoms with Crippen molar-refractivity contribution in [1.82, 2.24) is 5.32 Å². The Balaban J connectivity index is 1.51. The van der Waals surface area contributed by atoms with E-state index in [1.165, 1.54) is 6.92 Å². The lowest BCUT2D eigenvalue weighted by Crippen LogP contribution is -2.41. The zero-order valence-electron chi connectivity index (χ0n) is 14.0. The van der Waals surface area contributed by atoms with E-state index >= 15 is 0 Å². The maximum Gasteiger partial charge on any atom is 0.327 e. The lowest BCUT2D eigenvalue weighted by atomic mass is 10.2. The third-order valence-electron chi connectivity index (χ3n) is 3.73. The van der Waals surface area contributed by atoms with Crippen LogP contribution < -0.4 is 15.5 Å². The van der Waals surface area contributed by atoms with E-state index < -0.39 is 17.9 Å². The first-order chi connectivity index (χ1) is 12.4. The number of nitrogens with one attached hydrogen (secondary N) is 2. The maximum absolute atomic E-state index is 12.1. The molecule has 2 heterocycles. The number of aliphatic imine (C=N–C) groups is 1. The standard InChI is InChI=1S/C16H18N4O4S2/c1-9(21)18-11(15(23)24)7-25-8-14(22)19-10-2-3-13-12(6-10)20-5-4-17-16(20)26-13/h2-3,6,11H,4-5,7-8H2,1H3,(H,18,21)(H,19,22)(H,23,24). The van der Waals surface area contributed by atoms with Crippen LogP contribution in [0.5, 0.6) is 0 Å². The second kappa shape index (κ2) is 8.00. The fraction of sp³-hybridized carbons (Fsp3) is 0.375. The Labute approximate surface area is 158 Å². The molecule has 0 bridgehead atoms. The Morgan fingerprint density at radius 1 is 1.42 bits per heavy atom. The molecule has 26 heavy (non-hydrogen) atoms. The molecule has 1 aromatic carbocycles. The Kier molecular flexibility index (Phi) is 5.72. The van der Waals surface area contributed by atoms with Crippen LogP contribution in [0.1, 0.15) is 6.92 Å². The molecule has 138 valence electrons. The van der Waals surface area contributed by atoms with E-state index in [-0.39, 0.29) is 17.4 Å². The number of fused-ring (bicyclic) bond motifs is 3. The molecule has 0 aromatic heterocycles. The van der Waals surface area contributed by atoms with Crippen LogP contribution in [0.15, 0.2) is 28.1 Å². The van der Waals surface area contributed by atoms with Crippen molar-refractivity contribution in [2.75, 3.05) is 34.8 Å². The molecular weight excluding hydrogens is 376 g/mol.